The molecule has 0 radical (unpaired) electrons. The first-order valence-electron chi connectivity index (χ1n) is 10.2. The van der Waals surface area contributed by atoms with Crippen LogP contribution in [0.15, 0.2) is 23.1 Å². The maximum Gasteiger partial charge on any atom is 0.266 e. The number of sulfone groups is 1. The molecule has 2 fully saturated rings. The van der Waals surface area contributed by atoms with Crippen LogP contribution in [0.3, 0.4) is 0 Å². The minimum atomic E-state index is -3.10. The van der Waals surface area contributed by atoms with Gasteiger partial charge in [-0.05, 0) is 43.5 Å². The Morgan fingerprint density at radius 3 is 2.70 bits per heavy atom. The van der Waals surface area contributed by atoms with Gasteiger partial charge in [0.05, 0.1) is 35.7 Å². The molecule has 2 saturated heterocycles. The summed E-state index contributed by atoms with van der Waals surface area (Å²) in [6.45, 7) is 5.20. The maximum absolute atomic E-state index is 12.9. The Bertz CT molecular complexity index is 942. The minimum Gasteiger partial charge on any atom is -0.490 e. The summed E-state index contributed by atoms with van der Waals surface area (Å²) in [7, 11) is -3.10. The largest absolute Gasteiger partial charge is 0.490 e. The molecule has 0 saturated carbocycles. The highest BCUT2D eigenvalue weighted by Gasteiger charge is 2.42. The third-order valence-electron chi connectivity index (χ3n) is 4.97. The molecule has 1 aromatic rings. The van der Waals surface area contributed by atoms with Crippen LogP contribution in [0.4, 0.5) is 0 Å². The smallest absolute Gasteiger partial charge is 0.266 e. The summed E-state index contributed by atoms with van der Waals surface area (Å²) in [4.78, 5) is 14.8. The van der Waals surface area contributed by atoms with E-state index in [9.17, 15) is 13.2 Å². The van der Waals surface area contributed by atoms with E-state index in [1.54, 1.807) is 6.08 Å². The van der Waals surface area contributed by atoms with Crippen molar-refractivity contribution in [2.75, 3.05) is 24.7 Å². The number of benzene rings is 1. The number of nitrogens with zero attached hydrogens (tertiary/aromatic N) is 1. The Morgan fingerprint density at radius 2 is 2.03 bits per heavy atom. The highest BCUT2D eigenvalue weighted by molar-refractivity contribution is 8.26. The van der Waals surface area contributed by atoms with Crippen molar-refractivity contribution in [1.29, 1.82) is 0 Å². The average molecular weight is 470 g/mol. The summed E-state index contributed by atoms with van der Waals surface area (Å²) >= 11 is 6.58. The Morgan fingerprint density at radius 1 is 1.23 bits per heavy atom. The van der Waals surface area contributed by atoms with Gasteiger partial charge in [-0.3, -0.25) is 9.69 Å². The molecule has 30 heavy (non-hydrogen) atoms. The summed E-state index contributed by atoms with van der Waals surface area (Å²) in [5.41, 5.74) is 0.805. The molecule has 1 aromatic carbocycles. The van der Waals surface area contributed by atoms with Gasteiger partial charge in [0.2, 0.25) is 0 Å². The van der Waals surface area contributed by atoms with E-state index in [4.69, 9.17) is 21.7 Å². The van der Waals surface area contributed by atoms with E-state index in [1.807, 2.05) is 25.1 Å². The number of ether oxygens (including phenoxy) is 2. The Balaban J connectivity index is 1.76. The third-order valence-corrected chi connectivity index (χ3v) is 8.05. The lowest BCUT2D eigenvalue weighted by molar-refractivity contribution is -0.123. The fourth-order valence-electron chi connectivity index (χ4n) is 3.46. The number of amides is 1. The van der Waals surface area contributed by atoms with Gasteiger partial charge >= 0.3 is 0 Å². The third kappa shape index (κ3) is 5.56. The van der Waals surface area contributed by atoms with Crippen LogP contribution in [0, 0.1) is 0 Å². The normalized spacial score (nSPS) is 22.1. The lowest BCUT2D eigenvalue weighted by Gasteiger charge is -2.20. The van der Waals surface area contributed by atoms with Crippen LogP contribution in [0.5, 0.6) is 11.5 Å². The average Bonchev–Trinajstić information content (AvgIpc) is 3.18. The number of unbranched alkanes of at least 4 members (excludes halogenated alkanes) is 2. The molecule has 0 aliphatic carbocycles. The van der Waals surface area contributed by atoms with Crippen LogP contribution in [0.2, 0.25) is 0 Å². The molecule has 164 valence electrons. The van der Waals surface area contributed by atoms with E-state index >= 15 is 0 Å². The first-order chi connectivity index (χ1) is 14.3. The molecule has 0 unspecified atom stereocenters. The van der Waals surface area contributed by atoms with E-state index in [1.165, 1.54) is 16.7 Å². The second kappa shape index (κ2) is 10.2. The van der Waals surface area contributed by atoms with E-state index in [2.05, 4.69) is 6.92 Å². The first-order valence-corrected chi connectivity index (χ1v) is 13.3. The highest BCUT2D eigenvalue weighted by Crippen LogP contribution is 2.37. The maximum atomic E-state index is 12.9. The van der Waals surface area contributed by atoms with Crippen molar-refractivity contribution in [2.24, 2.45) is 0 Å². The van der Waals surface area contributed by atoms with Crippen molar-refractivity contribution < 1.29 is 22.7 Å². The van der Waals surface area contributed by atoms with Gasteiger partial charge in [0.25, 0.3) is 5.91 Å². The van der Waals surface area contributed by atoms with Gasteiger partial charge in [0.15, 0.2) is 21.3 Å². The van der Waals surface area contributed by atoms with Gasteiger partial charge in [0.1, 0.15) is 4.32 Å². The van der Waals surface area contributed by atoms with Gasteiger partial charge in [0, 0.05) is 0 Å². The Kier molecular flexibility index (Phi) is 7.81. The van der Waals surface area contributed by atoms with Crippen LogP contribution < -0.4 is 9.47 Å². The molecule has 1 amide bonds. The van der Waals surface area contributed by atoms with Crippen molar-refractivity contribution in [1.82, 2.24) is 4.90 Å². The van der Waals surface area contributed by atoms with Crippen molar-refractivity contribution in [3.63, 3.8) is 0 Å². The van der Waals surface area contributed by atoms with Gasteiger partial charge < -0.3 is 9.47 Å². The predicted octanol–water partition coefficient (Wildman–Crippen LogP) is 4.04. The molecule has 0 N–H and O–H groups in total. The van der Waals surface area contributed by atoms with Crippen LogP contribution in [-0.2, 0) is 14.6 Å². The van der Waals surface area contributed by atoms with Crippen LogP contribution >= 0.6 is 24.0 Å². The summed E-state index contributed by atoms with van der Waals surface area (Å²) in [6.07, 6.45) is 5.44. The summed E-state index contributed by atoms with van der Waals surface area (Å²) in [5.74, 6) is 1.18. The summed E-state index contributed by atoms with van der Waals surface area (Å²) in [6, 6.07) is 5.22. The molecular weight excluding hydrogens is 442 g/mol. The second-order valence-electron chi connectivity index (χ2n) is 7.30. The van der Waals surface area contributed by atoms with Crippen LogP contribution in [-0.4, -0.2) is 54.3 Å². The van der Waals surface area contributed by atoms with Crippen LogP contribution in [0.25, 0.3) is 6.08 Å². The zero-order chi connectivity index (χ0) is 21.7. The molecular formula is C21H27NO5S3. The molecule has 0 bridgehead atoms. The van der Waals surface area contributed by atoms with E-state index < -0.39 is 9.84 Å². The molecule has 1 atom stereocenters. The fourth-order valence-corrected chi connectivity index (χ4v) is 6.56. The van der Waals surface area contributed by atoms with Crippen molar-refractivity contribution in [3.05, 3.63) is 28.7 Å². The summed E-state index contributed by atoms with van der Waals surface area (Å²) < 4.78 is 35.6. The number of hydrogen-bond acceptors (Lipinski definition) is 7. The molecule has 2 aliphatic rings. The number of thioether (sulfide) groups is 1. The van der Waals surface area contributed by atoms with Gasteiger partial charge in [-0.2, -0.15) is 0 Å². The highest BCUT2D eigenvalue weighted by atomic mass is 32.2. The van der Waals surface area contributed by atoms with Gasteiger partial charge in [-0.1, -0.05) is 49.8 Å². The molecule has 0 spiro atoms. The quantitative estimate of drug-likeness (QED) is 0.307. The molecule has 2 heterocycles. The van der Waals surface area contributed by atoms with Gasteiger partial charge in [-0.25, -0.2) is 8.42 Å². The number of carbonyl (C=O) groups is 1. The zero-order valence-electron chi connectivity index (χ0n) is 17.3. The lowest BCUT2D eigenvalue weighted by Crippen LogP contribution is -2.39. The predicted molar refractivity (Wildman–Crippen MR) is 125 cm³/mol. The number of hydrogen-bond donors (Lipinski definition) is 0. The monoisotopic (exact) mass is 469 g/mol. The molecule has 3 rings (SSSR count). The number of carbonyl (C=O) groups excluding carboxylic acids is 1. The standard InChI is InChI=1S/C21H27NO5S3/c1-3-5-6-10-27-17-8-7-15(12-18(17)26-4-2)13-19-20(23)22(21(28)29-19)16-9-11-30(24,25)14-16/h7-8,12-13,16H,3-6,9-11,14H2,1-2H3/b19-13+/t16-/m1/s1. The molecule has 2 aliphatic heterocycles. The number of rotatable bonds is 9. The second-order valence-corrected chi connectivity index (χ2v) is 11.2. The summed E-state index contributed by atoms with van der Waals surface area (Å²) in [5, 5.41) is 0. The van der Waals surface area contributed by atoms with Crippen molar-refractivity contribution in [2.45, 2.75) is 45.6 Å². The molecule has 6 nitrogen and oxygen atoms in total. The Labute approximate surface area is 187 Å². The minimum absolute atomic E-state index is 0.0225. The topological polar surface area (TPSA) is 72.9 Å². The molecule has 0 aromatic heterocycles. The van der Waals surface area contributed by atoms with Crippen molar-refractivity contribution in [3.8, 4) is 11.5 Å². The van der Waals surface area contributed by atoms with E-state index in [0.717, 1.165) is 24.8 Å². The zero-order valence-corrected chi connectivity index (χ0v) is 19.7. The van der Waals surface area contributed by atoms with E-state index in [0.29, 0.717) is 40.4 Å². The SMILES string of the molecule is CCCCCOc1ccc(/C=C2/SC(=S)N([C@@H]3CCS(=O)(=O)C3)C2=O)cc1OCC. The van der Waals surface area contributed by atoms with E-state index in [-0.39, 0.29) is 23.5 Å². The fraction of sp³-hybridized carbons (Fsp3) is 0.524. The van der Waals surface area contributed by atoms with Crippen LogP contribution in [0.1, 0.15) is 45.1 Å². The Hall–Kier alpha value is -1.58. The molecule has 9 heteroatoms. The first kappa shape index (κ1) is 23.1. The van der Waals surface area contributed by atoms with Gasteiger partial charge in [-0.15, -0.1) is 0 Å². The number of thiocarbonyl (C=S) groups is 1. The lowest BCUT2D eigenvalue weighted by atomic mass is 10.1. The van der Waals surface area contributed by atoms with Crippen molar-refractivity contribution >= 4 is 50.1 Å².